The van der Waals surface area contributed by atoms with Gasteiger partial charge in [-0.05, 0) is 78.9 Å². The molecule has 0 aliphatic carbocycles. The van der Waals surface area contributed by atoms with Gasteiger partial charge in [-0.25, -0.2) is 0 Å². The zero-order chi connectivity index (χ0) is 27.2. The Morgan fingerprint density at radius 2 is 1.00 bits per heavy atom. The summed E-state index contributed by atoms with van der Waals surface area (Å²) in [7, 11) is 0. The van der Waals surface area contributed by atoms with E-state index in [2.05, 4.69) is 178 Å². The summed E-state index contributed by atoms with van der Waals surface area (Å²) in [5, 5.41) is 3.72. The lowest BCUT2D eigenvalue weighted by Gasteiger charge is -2.26. The third kappa shape index (κ3) is 3.90. The van der Waals surface area contributed by atoms with Crippen LogP contribution in [0, 0.1) is 0 Å². The summed E-state index contributed by atoms with van der Waals surface area (Å²) >= 11 is 0. The van der Waals surface area contributed by atoms with Gasteiger partial charge >= 0.3 is 0 Å². The van der Waals surface area contributed by atoms with Crippen LogP contribution >= 0.6 is 0 Å². The molecule has 0 fully saturated rings. The number of rotatable bonds is 5. The molecule has 0 spiro atoms. The Hall–Kier alpha value is -5.54. The van der Waals surface area contributed by atoms with E-state index in [-0.39, 0.29) is 0 Å². The third-order valence-electron chi connectivity index (χ3n) is 7.89. The topological polar surface area (TPSA) is 13.1 Å². The highest BCUT2D eigenvalue weighted by Gasteiger charge is 2.17. The van der Waals surface area contributed by atoms with Crippen LogP contribution in [0.2, 0.25) is 0 Å². The van der Waals surface area contributed by atoms with E-state index < -0.39 is 0 Å². The van der Waals surface area contributed by atoms with Crippen molar-refractivity contribution in [1.82, 2.24) is 9.13 Å². The summed E-state index contributed by atoms with van der Waals surface area (Å²) in [6.45, 7) is 0. The van der Waals surface area contributed by atoms with E-state index in [1.165, 1.54) is 38.4 Å². The number of fused-ring (bicyclic) bond motifs is 4. The Bertz CT molecular complexity index is 2100. The molecule has 8 aromatic rings. The lowest BCUT2D eigenvalue weighted by Crippen LogP contribution is -2.10. The number of anilines is 3. The predicted molar refractivity (Wildman–Crippen MR) is 172 cm³/mol. The Labute approximate surface area is 238 Å². The van der Waals surface area contributed by atoms with Crippen LogP contribution in [0.3, 0.4) is 0 Å². The van der Waals surface area contributed by atoms with Crippen molar-refractivity contribution >= 4 is 49.8 Å². The van der Waals surface area contributed by atoms with Gasteiger partial charge in [-0.2, -0.15) is 0 Å². The smallest absolute Gasteiger partial charge is 0.0548 e. The van der Waals surface area contributed by atoms with Crippen molar-refractivity contribution in [2.45, 2.75) is 0 Å². The van der Waals surface area contributed by atoms with Crippen molar-refractivity contribution < 1.29 is 0 Å². The first-order valence-electron chi connectivity index (χ1n) is 14.0. The van der Waals surface area contributed by atoms with Crippen LogP contribution in [0.25, 0.3) is 44.1 Å². The molecule has 3 heteroatoms. The molecular formula is C38H27N3. The van der Waals surface area contributed by atoms with Gasteiger partial charge in [0.05, 0.1) is 16.6 Å². The van der Waals surface area contributed by atoms with E-state index in [0.29, 0.717) is 0 Å². The standard InChI is InChI=1S/C38H27N3/c1-4-13-29(14-5-1)39-24-23-28-25-38-35(27-37(28)39)34-21-10-11-22-36(34)41(38)33-20-12-19-32(26-33)40(30-15-6-2-7-16-30)31-17-8-3-9-18-31/h1-27H. The normalized spacial score (nSPS) is 11.4. The number of benzene rings is 6. The zero-order valence-electron chi connectivity index (χ0n) is 22.4. The van der Waals surface area contributed by atoms with Gasteiger partial charge in [-0.15, -0.1) is 0 Å². The fourth-order valence-electron chi connectivity index (χ4n) is 6.06. The van der Waals surface area contributed by atoms with Gasteiger partial charge < -0.3 is 14.0 Å². The van der Waals surface area contributed by atoms with Crippen molar-refractivity contribution in [3.63, 3.8) is 0 Å². The summed E-state index contributed by atoms with van der Waals surface area (Å²) in [5.41, 5.74) is 9.27. The molecule has 0 saturated carbocycles. The summed E-state index contributed by atoms with van der Waals surface area (Å²) in [5.74, 6) is 0. The first-order chi connectivity index (χ1) is 20.3. The van der Waals surface area contributed by atoms with Crippen LogP contribution in [0.5, 0.6) is 0 Å². The minimum atomic E-state index is 1.11. The molecule has 41 heavy (non-hydrogen) atoms. The fourth-order valence-corrected chi connectivity index (χ4v) is 6.06. The van der Waals surface area contributed by atoms with Crippen LogP contribution in [0.4, 0.5) is 17.1 Å². The maximum atomic E-state index is 2.40. The molecule has 0 aliphatic rings. The molecule has 8 rings (SSSR count). The third-order valence-corrected chi connectivity index (χ3v) is 7.89. The van der Waals surface area contributed by atoms with E-state index >= 15 is 0 Å². The van der Waals surface area contributed by atoms with Crippen LogP contribution in [0.15, 0.2) is 164 Å². The summed E-state index contributed by atoms with van der Waals surface area (Å²) in [6.07, 6.45) is 2.17. The average Bonchev–Trinajstić information content (AvgIpc) is 3.60. The number of hydrogen-bond donors (Lipinski definition) is 0. The van der Waals surface area contributed by atoms with E-state index in [1.807, 2.05) is 0 Å². The summed E-state index contributed by atoms with van der Waals surface area (Å²) < 4.78 is 4.68. The molecule has 0 N–H and O–H groups in total. The van der Waals surface area contributed by atoms with Crippen molar-refractivity contribution in [3.05, 3.63) is 164 Å². The molecule has 0 unspecified atom stereocenters. The van der Waals surface area contributed by atoms with Crippen LogP contribution in [0.1, 0.15) is 0 Å². The quantitative estimate of drug-likeness (QED) is 0.218. The minimum Gasteiger partial charge on any atom is -0.317 e. The SMILES string of the molecule is c1ccc(N(c2ccccc2)c2cccc(-n3c4ccccc4c4cc5c(ccn5-c5ccccc5)cc43)c2)cc1. The monoisotopic (exact) mass is 525 g/mol. The Morgan fingerprint density at radius 1 is 0.390 bits per heavy atom. The highest BCUT2D eigenvalue weighted by atomic mass is 15.1. The van der Waals surface area contributed by atoms with Crippen molar-refractivity contribution in [2.24, 2.45) is 0 Å². The average molecular weight is 526 g/mol. The zero-order valence-corrected chi connectivity index (χ0v) is 22.4. The predicted octanol–water partition coefficient (Wildman–Crippen LogP) is 10.2. The minimum absolute atomic E-state index is 1.11. The molecule has 2 aromatic heterocycles. The lowest BCUT2D eigenvalue weighted by atomic mass is 10.1. The lowest BCUT2D eigenvalue weighted by molar-refractivity contribution is 1.13. The van der Waals surface area contributed by atoms with Crippen LogP contribution in [-0.2, 0) is 0 Å². The van der Waals surface area contributed by atoms with E-state index in [1.54, 1.807) is 0 Å². The molecule has 0 aliphatic heterocycles. The first-order valence-corrected chi connectivity index (χ1v) is 14.0. The van der Waals surface area contributed by atoms with E-state index in [0.717, 1.165) is 22.7 Å². The van der Waals surface area contributed by atoms with Gasteiger partial charge in [-0.1, -0.05) is 78.9 Å². The van der Waals surface area contributed by atoms with Gasteiger partial charge in [0.2, 0.25) is 0 Å². The molecule has 0 bridgehead atoms. The first kappa shape index (κ1) is 23.4. The van der Waals surface area contributed by atoms with Crippen molar-refractivity contribution in [2.75, 3.05) is 4.90 Å². The highest BCUT2D eigenvalue weighted by Crippen LogP contribution is 2.39. The molecular weight excluding hydrogens is 498 g/mol. The Morgan fingerprint density at radius 3 is 1.73 bits per heavy atom. The second kappa shape index (κ2) is 9.58. The molecule has 6 aromatic carbocycles. The van der Waals surface area contributed by atoms with Gasteiger partial charge in [0.15, 0.2) is 0 Å². The van der Waals surface area contributed by atoms with Gasteiger partial charge in [0.1, 0.15) is 0 Å². The maximum Gasteiger partial charge on any atom is 0.0548 e. The molecule has 2 heterocycles. The van der Waals surface area contributed by atoms with Gasteiger partial charge in [0.25, 0.3) is 0 Å². The molecule has 194 valence electrons. The molecule has 0 saturated heterocycles. The molecule has 3 nitrogen and oxygen atoms in total. The second-order valence-corrected chi connectivity index (χ2v) is 10.3. The highest BCUT2D eigenvalue weighted by molar-refractivity contribution is 6.13. The van der Waals surface area contributed by atoms with Gasteiger partial charge in [0, 0.05) is 50.8 Å². The van der Waals surface area contributed by atoms with Crippen LogP contribution in [-0.4, -0.2) is 9.13 Å². The summed E-state index contributed by atoms with van der Waals surface area (Å²) in [6, 6.07) is 56.2. The van der Waals surface area contributed by atoms with Crippen molar-refractivity contribution in [1.29, 1.82) is 0 Å². The molecule has 0 radical (unpaired) electrons. The van der Waals surface area contributed by atoms with E-state index in [4.69, 9.17) is 0 Å². The number of nitrogens with zero attached hydrogens (tertiary/aromatic N) is 3. The molecule has 0 amide bonds. The van der Waals surface area contributed by atoms with Gasteiger partial charge in [-0.3, -0.25) is 0 Å². The largest absolute Gasteiger partial charge is 0.317 e. The second-order valence-electron chi connectivity index (χ2n) is 10.3. The van der Waals surface area contributed by atoms with Crippen molar-refractivity contribution in [3.8, 4) is 11.4 Å². The van der Waals surface area contributed by atoms with E-state index in [9.17, 15) is 0 Å². The number of aromatic nitrogens is 2. The van der Waals surface area contributed by atoms with Crippen LogP contribution < -0.4 is 4.90 Å². The summed E-state index contributed by atoms with van der Waals surface area (Å²) in [4.78, 5) is 2.32. The maximum absolute atomic E-state index is 2.40. The Kier molecular flexibility index (Phi) is 5.46. The molecule has 0 atom stereocenters. The number of hydrogen-bond acceptors (Lipinski definition) is 1. The number of para-hydroxylation sites is 4. The fraction of sp³-hybridized carbons (Fsp3) is 0. The Balaban J connectivity index is 1.35.